The van der Waals surface area contributed by atoms with Gasteiger partial charge in [0.25, 0.3) is 0 Å². The van der Waals surface area contributed by atoms with Crippen molar-refractivity contribution in [2.24, 2.45) is 0 Å². The number of ether oxygens (including phenoxy) is 2. The Hall–Kier alpha value is -2.37. The van der Waals surface area contributed by atoms with E-state index in [1.165, 1.54) is 6.07 Å². The first kappa shape index (κ1) is 16.7. The van der Waals surface area contributed by atoms with Crippen molar-refractivity contribution in [3.8, 4) is 5.75 Å². The van der Waals surface area contributed by atoms with Crippen molar-refractivity contribution < 1.29 is 19.2 Å². The molecule has 1 aromatic carbocycles. The van der Waals surface area contributed by atoms with Crippen LogP contribution in [0.15, 0.2) is 18.7 Å². The number of nitrogens with zero attached hydrogens (tertiary/aromatic N) is 1. The van der Waals surface area contributed by atoms with Gasteiger partial charge in [-0.05, 0) is 29.5 Å². The van der Waals surface area contributed by atoms with Crippen LogP contribution in [0, 0.1) is 10.1 Å². The fraction of sp³-hybridized carbons (Fsp3) is 0.400. The first-order valence-electron chi connectivity index (χ1n) is 6.32. The Morgan fingerprint density at radius 2 is 1.90 bits per heavy atom. The third-order valence-corrected chi connectivity index (χ3v) is 2.94. The van der Waals surface area contributed by atoms with Crippen LogP contribution in [0.1, 0.15) is 38.8 Å². The molecule has 0 N–H and O–H groups in total. The number of nitro benzene ring substituents is 1. The van der Waals surface area contributed by atoms with E-state index >= 15 is 0 Å². The van der Waals surface area contributed by atoms with Crippen LogP contribution in [0.5, 0.6) is 5.75 Å². The second kappa shape index (κ2) is 5.95. The van der Waals surface area contributed by atoms with Crippen LogP contribution in [0.2, 0.25) is 0 Å². The molecule has 0 unspecified atom stereocenters. The summed E-state index contributed by atoms with van der Waals surface area (Å²) in [6, 6.07) is 3.15. The summed E-state index contributed by atoms with van der Waals surface area (Å²) in [6.07, 6.45) is -1.01. The molecule has 6 heteroatoms. The average molecular weight is 293 g/mol. The standard InChI is InChI=1S/C15H19NO5/c1-9(2)11-7-10(15(3,4)5)8-12(16(18)19)13(11)21-14(17)20-6/h7-8H,1H2,2-6H3. The number of nitro groups is 1. The third-order valence-electron chi connectivity index (χ3n) is 2.94. The number of hydrogen-bond acceptors (Lipinski definition) is 5. The van der Waals surface area contributed by atoms with E-state index in [1.807, 2.05) is 20.8 Å². The minimum atomic E-state index is -1.01. The van der Waals surface area contributed by atoms with E-state index in [4.69, 9.17) is 4.74 Å². The number of rotatable bonds is 3. The van der Waals surface area contributed by atoms with Crippen molar-refractivity contribution in [1.82, 2.24) is 0 Å². The minimum Gasteiger partial charge on any atom is -0.437 e. The first-order valence-corrected chi connectivity index (χ1v) is 6.32. The molecule has 0 aliphatic heterocycles. The SMILES string of the molecule is C=C(C)c1cc(C(C)(C)C)cc([N+](=O)[O-])c1OC(=O)OC. The second-order valence-corrected chi connectivity index (χ2v) is 5.72. The summed E-state index contributed by atoms with van der Waals surface area (Å²) in [4.78, 5) is 22.0. The molecule has 0 aromatic heterocycles. The van der Waals surface area contributed by atoms with Gasteiger partial charge in [0.05, 0.1) is 12.0 Å². The Balaban J connectivity index is 3.63. The van der Waals surface area contributed by atoms with Gasteiger partial charge in [0.2, 0.25) is 5.75 Å². The quantitative estimate of drug-likeness (QED) is 0.363. The predicted molar refractivity (Wildman–Crippen MR) is 79.5 cm³/mol. The predicted octanol–water partition coefficient (Wildman–Crippen LogP) is 4.07. The van der Waals surface area contributed by atoms with Gasteiger partial charge in [-0.3, -0.25) is 10.1 Å². The van der Waals surface area contributed by atoms with Gasteiger partial charge in [0, 0.05) is 11.6 Å². The summed E-state index contributed by atoms with van der Waals surface area (Å²) < 4.78 is 9.36. The van der Waals surface area contributed by atoms with Gasteiger partial charge in [0.1, 0.15) is 0 Å². The van der Waals surface area contributed by atoms with E-state index in [2.05, 4.69) is 11.3 Å². The molecule has 0 fully saturated rings. The van der Waals surface area contributed by atoms with Crippen molar-refractivity contribution in [2.75, 3.05) is 7.11 Å². The number of benzene rings is 1. The highest BCUT2D eigenvalue weighted by Crippen LogP contribution is 2.39. The highest BCUT2D eigenvalue weighted by atomic mass is 16.7. The van der Waals surface area contributed by atoms with Crippen LogP contribution >= 0.6 is 0 Å². The molecule has 0 heterocycles. The van der Waals surface area contributed by atoms with Crippen LogP contribution in [-0.2, 0) is 10.2 Å². The normalized spacial score (nSPS) is 10.9. The largest absolute Gasteiger partial charge is 0.513 e. The van der Waals surface area contributed by atoms with Gasteiger partial charge in [0.15, 0.2) is 0 Å². The van der Waals surface area contributed by atoms with Crippen molar-refractivity contribution in [1.29, 1.82) is 0 Å². The van der Waals surface area contributed by atoms with Gasteiger partial charge in [-0.2, -0.15) is 0 Å². The highest BCUT2D eigenvalue weighted by Gasteiger charge is 2.27. The molecule has 0 aliphatic rings. The van der Waals surface area contributed by atoms with Gasteiger partial charge >= 0.3 is 11.8 Å². The maximum atomic E-state index is 11.3. The fourth-order valence-electron chi connectivity index (χ4n) is 1.73. The maximum absolute atomic E-state index is 11.3. The van der Waals surface area contributed by atoms with E-state index in [9.17, 15) is 14.9 Å². The van der Waals surface area contributed by atoms with Crippen LogP contribution in [0.3, 0.4) is 0 Å². The highest BCUT2D eigenvalue weighted by molar-refractivity contribution is 5.77. The summed E-state index contributed by atoms with van der Waals surface area (Å²) >= 11 is 0. The molecule has 1 aromatic rings. The molecule has 114 valence electrons. The van der Waals surface area contributed by atoms with Crippen LogP contribution in [-0.4, -0.2) is 18.2 Å². The lowest BCUT2D eigenvalue weighted by Gasteiger charge is -2.21. The Morgan fingerprint density at radius 3 is 2.29 bits per heavy atom. The van der Waals surface area contributed by atoms with Crippen LogP contribution in [0.4, 0.5) is 10.5 Å². The van der Waals surface area contributed by atoms with E-state index in [1.54, 1.807) is 13.0 Å². The molecule has 0 amide bonds. The van der Waals surface area contributed by atoms with Gasteiger partial charge in [-0.1, -0.05) is 27.4 Å². The lowest BCUT2D eigenvalue weighted by atomic mass is 9.85. The zero-order valence-electron chi connectivity index (χ0n) is 12.9. The summed E-state index contributed by atoms with van der Waals surface area (Å²) in [6.45, 7) is 11.3. The zero-order valence-corrected chi connectivity index (χ0v) is 12.9. The zero-order chi connectivity index (χ0) is 16.4. The van der Waals surface area contributed by atoms with Gasteiger partial charge in [-0.15, -0.1) is 0 Å². The molecule has 0 atom stereocenters. The third kappa shape index (κ3) is 3.81. The van der Waals surface area contributed by atoms with Crippen molar-refractivity contribution in [2.45, 2.75) is 33.1 Å². The Labute approximate surface area is 123 Å². The van der Waals surface area contributed by atoms with Crippen LogP contribution in [0.25, 0.3) is 5.57 Å². The monoisotopic (exact) mass is 293 g/mol. The molecule has 0 radical (unpaired) electrons. The molecule has 1 rings (SSSR count). The number of allylic oxidation sites excluding steroid dienone is 1. The molecular formula is C15H19NO5. The molecule has 0 saturated heterocycles. The number of carbonyl (C=O) groups excluding carboxylic acids is 1. The van der Waals surface area contributed by atoms with E-state index in [-0.39, 0.29) is 16.9 Å². The molecular weight excluding hydrogens is 274 g/mol. The molecule has 0 spiro atoms. The van der Waals surface area contributed by atoms with E-state index in [0.717, 1.165) is 12.7 Å². The van der Waals surface area contributed by atoms with Crippen molar-refractivity contribution >= 4 is 17.4 Å². The minimum absolute atomic E-state index is 0.146. The average Bonchev–Trinajstić information content (AvgIpc) is 2.36. The number of hydrogen-bond donors (Lipinski definition) is 0. The molecule has 6 nitrogen and oxygen atoms in total. The Kier molecular flexibility index (Phi) is 4.73. The summed E-state index contributed by atoms with van der Waals surface area (Å²) in [7, 11) is 1.14. The van der Waals surface area contributed by atoms with Crippen LogP contribution < -0.4 is 4.74 Å². The topological polar surface area (TPSA) is 78.7 Å². The van der Waals surface area contributed by atoms with Gasteiger partial charge in [-0.25, -0.2) is 4.79 Å². The molecule has 21 heavy (non-hydrogen) atoms. The Morgan fingerprint density at radius 1 is 1.33 bits per heavy atom. The molecule has 0 saturated carbocycles. The molecule has 0 bridgehead atoms. The lowest BCUT2D eigenvalue weighted by Crippen LogP contribution is -2.15. The van der Waals surface area contributed by atoms with Crippen molar-refractivity contribution in [3.05, 3.63) is 40.0 Å². The lowest BCUT2D eigenvalue weighted by molar-refractivity contribution is -0.385. The van der Waals surface area contributed by atoms with E-state index < -0.39 is 11.1 Å². The summed E-state index contributed by atoms with van der Waals surface area (Å²) in [5.74, 6) is -0.146. The number of methoxy groups -OCH3 is 1. The number of carbonyl (C=O) groups is 1. The van der Waals surface area contributed by atoms with Crippen molar-refractivity contribution in [3.63, 3.8) is 0 Å². The summed E-state index contributed by atoms with van der Waals surface area (Å²) in [5, 5.41) is 11.3. The summed E-state index contributed by atoms with van der Waals surface area (Å²) in [5.41, 5.74) is 1.15. The molecule has 0 aliphatic carbocycles. The maximum Gasteiger partial charge on any atom is 0.513 e. The second-order valence-electron chi connectivity index (χ2n) is 5.72. The smallest absolute Gasteiger partial charge is 0.437 e. The Bertz CT molecular complexity index is 564. The first-order chi connectivity index (χ1) is 9.57. The van der Waals surface area contributed by atoms with Gasteiger partial charge < -0.3 is 9.47 Å². The van der Waals surface area contributed by atoms with E-state index in [0.29, 0.717) is 11.1 Å². The fourth-order valence-corrected chi connectivity index (χ4v) is 1.73.